The number of ether oxygens (including phenoxy) is 1. The predicted octanol–water partition coefficient (Wildman–Crippen LogP) is 2.84. The Morgan fingerprint density at radius 3 is 2.25 bits per heavy atom. The third-order valence-electron chi connectivity index (χ3n) is 3.84. The molecule has 0 aromatic heterocycles. The van der Waals surface area contributed by atoms with Gasteiger partial charge < -0.3 is 10.1 Å². The summed E-state index contributed by atoms with van der Waals surface area (Å²) in [7, 11) is 1.49. The van der Waals surface area contributed by atoms with Crippen LogP contribution in [0.1, 0.15) is 34.1 Å². The van der Waals surface area contributed by atoms with Gasteiger partial charge in [0.15, 0.2) is 0 Å². The van der Waals surface area contributed by atoms with E-state index >= 15 is 0 Å². The minimum atomic E-state index is -0.421. The van der Waals surface area contributed by atoms with Crippen LogP contribution in [-0.4, -0.2) is 24.8 Å². The molecule has 0 bridgehead atoms. The molecule has 1 heterocycles. The fraction of sp³-hybridized carbons (Fsp3) is 0.167. The van der Waals surface area contributed by atoms with Gasteiger partial charge in [0.2, 0.25) is 5.91 Å². The first kappa shape index (κ1) is 15.7. The van der Waals surface area contributed by atoms with Crippen molar-refractivity contribution in [1.29, 1.82) is 0 Å². The molecule has 1 aliphatic heterocycles. The molecule has 24 heavy (non-hydrogen) atoms. The van der Waals surface area contributed by atoms with Crippen molar-refractivity contribution in [2.24, 2.45) is 0 Å². The number of imide groups is 1. The Balaban J connectivity index is 2.10. The van der Waals surface area contributed by atoms with Crippen molar-refractivity contribution in [3.8, 4) is 5.75 Å². The van der Waals surface area contributed by atoms with E-state index in [-0.39, 0.29) is 12.3 Å². The zero-order chi connectivity index (χ0) is 17.3. The van der Waals surface area contributed by atoms with Crippen molar-refractivity contribution in [3.63, 3.8) is 0 Å². The predicted molar refractivity (Wildman–Crippen MR) is 89.5 cm³/mol. The summed E-state index contributed by atoms with van der Waals surface area (Å²) in [6, 6.07) is 11.5. The molecule has 2 aromatic carbocycles. The lowest BCUT2D eigenvalue weighted by molar-refractivity contribution is -0.115. The number of methoxy groups -OCH3 is 1. The summed E-state index contributed by atoms with van der Waals surface area (Å²) in [6.07, 6.45) is 0.285. The molecule has 1 N–H and O–H groups in total. The van der Waals surface area contributed by atoms with Crippen molar-refractivity contribution in [2.45, 2.75) is 13.3 Å². The number of fused-ring (bicyclic) bond motifs is 1. The van der Waals surface area contributed by atoms with Crippen molar-refractivity contribution in [3.05, 3.63) is 53.6 Å². The smallest absolute Gasteiger partial charge is 0.266 e. The number of benzene rings is 2. The van der Waals surface area contributed by atoms with Gasteiger partial charge in [-0.1, -0.05) is 19.1 Å². The van der Waals surface area contributed by atoms with Gasteiger partial charge in [0.1, 0.15) is 5.75 Å². The molecule has 0 unspecified atom stereocenters. The topological polar surface area (TPSA) is 75.7 Å². The molecular formula is C18H16N2O4. The molecule has 2 aromatic rings. The van der Waals surface area contributed by atoms with Gasteiger partial charge in [-0.2, -0.15) is 0 Å². The molecule has 122 valence electrons. The van der Waals surface area contributed by atoms with Crippen molar-refractivity contribution in [1.82, 2.24) is 0 Å². The van der Waals surface area contributed by atoms with Crippen molar-refractivity contribution >= 4 is 29.1 Å². The molecule has 6 nitrogen and oxygen atoms in total. The number of nitrogens with zero attached hydrogens (tertiary/aromatic N) is 1. The number of carbonyl (C=O) groups is 3. The van der Waals surface area contributed by atoms with Crippen LogP contribution in [0.15, 0.2) is 42.5 Å². The molecular weight excluding hydrogens is 308 g/mol. The van der Waals surface area contributed by atoms with Crippen LogP contribution in [0.4, 0.5) is 11.4 Å². The van der Waals surface area contributed by atoms with E-state index in [9.17, 15) is 14.4 Å². The van der Waals surface area contributed by atoms with E-state index in [1.54, 1.807) is 49.4 Å². The standard InChI is InChI=1S/C18H16N2O4/c1-3-16(21)19-14-9-8-11(24-2)10-15(14)20-17(22)12-6-4-5-7-13(12)18(20)23/h4-10H,3H2,1-2H3,(H,19,21). The maximum Gasteiger partial charge on any atom is 0.266 e. The number of nitrogens with one attached hydrogen (secondary N) is 1. The number of rotatable bonds is 4. The molecule has 1 aliphatic rings. The summed E-state index contributed by atoms with van der Waals surface area (Å²) in [5.74, 6) is -0.569. The van der Waals surface area contributed by atoms with Gasteiger partial charge in [-0.05, 0) is 24.3 Å². The summed E-state index contributed by atoms with van der Waals surface area (Å²) in [5.41, 5.74) is 1.37. The van der Waals surface area contributed by atoms with E-state index in [0.717, 1.165) is 4.90 Å². The first-order valence-corrected chi connectivity index (χ1v) is 7.52. The second kappa shape index (κ2) is 6.16. The summed E-state index contributed by atoms with van der Waals surface area (Å²) in [6.45, 7) is 1.72. The fourth-order valence-electron chi connectivity index (χ4n) is 2.58. The molecule has 6 heteroatoms. The lowest BCUT2D eigenvalue weighted by atomic mass is 10.1. The van der Waals surface area contributed by atoms with Crippen LogP contribution in [0.25, 0.3) is 0 Å². The van der Waals surface area contributed by atoms with Gasteiger partial charge in [0.25, 0.3) is 11.8 Å². The number of anilines is 2. The summed E-state index contributed by atoms with van der Waals surface area (Å²) < 4.78 is 5.19. The average Bonchev–Trinajstić information content (AvgIpc) is 2.86. The molecule has 0 atom stereocenters. The quantitative estimate of drug-likeness (QED) is 0.878. The van der Waals surface area contributed by atoms with Crippen LogP contribution < -0.4 is 15.0 Å². The van der Waals surface area contributed by atoms with Gasteiger partial charge >= 0.3 is 0 Å². The molecule has 3 amide bonds. The summed E-state index contributed by atoms with van der Waals surface area (Å²) >= 11 is 0. The molecule has 0 radical (unpaired) electrons. The molecule has 0 spiro atoms. The minimum absolute atomic E-state index is 0.210. The summed E-state index contributed by atoms with van der Waals surface area (Å²) in [4.78, 5) is 38.2. The van der Waals surface area contributed by atoms with E-state index in [4.69, 9.17) is 4.74 Å². The highest BCUT2D eigenvalue weighted by atomic mass is 16.5. The third kappa shape index (κ3) is 2.52. The lowest BCUT2D eigenvalue weighted by Crippen LogP contribution is -2.30. The van der Waals surface area contributed by atoms with Crippen LogP contribution in [0.5, 0.6) is 5.75 Å². The van der Waals surface area contributed by atoms with E-state index in [2.05, 4.69) is 5.32 Å². The highest BCUT2D eigenvalue weighted by Crippen LogP contribution is 2.36. The van der Waals surface area contributed by atoms with Gasteiger partial charge in [-0.3, -0.25) is 14.4 Å². The third-order valence-corrected chi connectivity index (χ3v) is 3.84. The highest BCUT2D eigenvalue weighted by molar-refractivity contribution is 6.35. The maximum absolute atomic E-state index is 12.7. The first-order chi connectivity index (χ1) is 11.6. The average molecular weight is 324 g/mol. The monoisotopic (exact) mass is 324 g/mol. The van der Waals surface area contributed by atoms with Crippen molar-refractivity contribution < 1.29 is 19.1 Å². The zero-order valence-corrected chi connectivity index (χ0v) is 13.3. The Morgan fingerprint density at radius 1 is 1.08 bits per heavy atom. The molecule has 3 rings (SSSR count). The van der Waals surface area contributed by atoms with E-state index < -0.39 is 11.8 Å². The Labute approximate surface area is 139 Å². The normalized spacial score (nSPS) is 13.0. The van der Waals surface area contributed by atoms with Crippen LogP contribution >= 0.6 is 0 Å². The minimum Gasteiger partial charge on any atom is -0.497 e. The van der Waals surface area contributed by atoms with E-state index in [1.165, 1.54) is 7.11 Å². The molecule has 0 saturated carbocycles. The maximum atomic E-state index is 12.7. The highest BCUT2D eigenvalue weighted by Gasteiger charge is 2.37. The molecule has 0 saturated heterocycles. The van der Waals surface area contributed by atoms with Gasteiger partial charge in [0.05, 0.1) is 29.6 Å². The number of hydrogen-bond acceptors (Lipinski definition) is 4. The Morgan fingerprint density at radius 2 is 1.71 bits per heavy atom. The van der Waals surface area contributed by atoms with E-state index in [1.807, 2.05) is 0 Å². The van der Waals surface area contributed by atoms with Crippen LogP contribution in [0.3, 0.4) is 0 Å². The Kier molecular flexibility index (Phi) is 4.04. The van der Waals surface area contributed by atoms with Crippen LogP contribution in [0, 0.1) is 0 Å². The second-order valence-electron chi connectivity index (χ2n) is 5.28. The summed E-state index contributed by atoms with van der Waals surface area (Å²) in [5, 5.41) is 2.72. The number of hydrogen-bond donors (Lipinski definition) is 1. The molecule has 0 aliphatic carbocycles. The first-order valence-electron chi connectivity index (χ1n) is 7.52. The Bertz CT molecular complexity index is 810. The second-order valence-corrected chi connectivity index (χ2v) is 5.28. The van der Waals surface area contributed by atoms with E-state index in [0.29, 0.717) is 28.3 Å². The zero-order valence-electron chi connectivity index (χ0n) is 13.3. The van der Waals surface area contributed by atoms with Crippen molar-refractivity contribution in [2.75, 3.05) is 17.3 Å². The number of amides is 3. The largest absolute Gasteiger partial charge is 0.497 e. The lowest BCUT2D eigenvalue weighted by Gasteiger charge is -2.19. The van der Waals surface area contributed by atoms with Gasteiger partial charge in [0, 0.05) is 12.5 Å². The van der Waals surface area contributed by atoms with Crippen LogP contribution in [0.2, 0.25) is 0 Å². The fourth-order valence-corrected chi connectivity index (χ4v) is 2.58. The number of carbonyl (C=O) groups excluding carboxylic acids is 3. The van der Waals surface area contributed by atoms with Gasteiger partial charge in [-0.25, -0.2) is 4.90 Å². The van der Waals surface area contributed by atoms with Gasteiger partial charge in [-0.15, -0.1) is 0 Å². The van der Waals surface area contributed by atoms with Crippen LogP contribution in [-0.2, 0) is 4.79 Å². The Hall–Kier alpha value is -3.15. The SMILES string of the molecule is CCC(=O)Nc1ccc(OC)cc1N1C(=O)c2ccccc2C1=O. The molecule has 0 fully saturated rings.